The molecule has 0 spiro atoms. The molecule has 0 radical (unpaired) electrons. The van der Waals surface area contributed by atoms with Gasteiger partial charge in [0.05, 0.1) is 11.5 Å². The zero-order valence-electron chi connectivity index (χ0n) is 10.7. The first-order valence-electron chi connectivity index (χ1n) is 6.10. The predicted octanol–water partition coefficient (Wildman–Crippen LogP) is 1.58. The van der Waals surface area contributed by atoms with Crippen molar-refractivity contribution in [1.29, 1.82) is 0 Å². The maximum Gasteiger partial charge on any atom is 0.154 e. The molecule has 1 aromatic rings. The normalized spacial score (nSPS) is 23.8. The molecule has 1 aliphatic heterocycles. The van der Waals surface area contributed by atoms with Crippen LogP contribution in [0.3, 0.4) is 0 Å². The quantitative estimate of drug-likeness (QED) is 0.904. The van der Waals surface area contributed by atoms with Crippen molar-refractivity contribution in [2.45, 2.75) is 32.4 Å². The van der Waals surface area contributed by atoms with E-state index in [2.05, 4.69) is 0 Å². The Balaban J connectivity index is 2.21. The Morgan fingerprint density at radius 3 is 2.72 bits per heavy atom. The summed E-state index contributed by atoms with van der Waals surface area (Å²) in [5.41, 5.74) is 7.89. The lowest BCUT2D eigenvalue weighted by Crippen LogP contribution is -2.19. The topological polar surface area (TPSA) is 69.4 Å². The Morgan fingerprint density at radius 2 is 2.17 bits per heavy atom. The molecule has 0 aromatic heterocycles. The Morgan fingerprint density at radius 1 is 1.44 bits per heavy atom. The molecule has 0 saturated carbocycles. The molecule has 1 heterocycles. The molecule has 18 heavy (non-hydrogen) atoms. The fourth-order valence-electron chi connectivity index (χ4n) is 2.15. The Bertz CT molecular complexity index is 537. The highest BCUT2D eigenvalue weighted by Crippen LogP contribution is 2.28. The molecule has 1 aromatic carbocycles. The third-order valence-corrected chi connectivity index (χ3v) is 4.88. The molecule has 0 amide bonds. The molecule has 0 aliphatic carbocycles. The Labute approximate surface area is 108 Å². The second kappa shape index (κ2) is 4.90. The molecule has 4 nitrogen and oxygen atoms in total. The molecule has 100 valence electrons. The summed E-state index contributed by atoms with van der Waals surface area (Å²) < 4.78 is 28.6. The van der Waals surface area contributed by atoms with Crippen LogP contribution in [0, 0.1) is 6.92 Å². The van der Waals surface area contributed by atoms with E-state index in [9.17, 15) is 8.42 Å². The van der Waals surface area contributed by atoms with E-state index in [-0.39, 0.29) is 23.7 Å². The number of nitrogens with two attached hydrogens (primary N) is 1. The van der Waals surface area contributed by atoms with Crippen LogP contribution in [0.4, 0.5) is 0 Å². The van der Waals surface area contributed by atoms with Gasteiger partial charge in [0.1, 0.15) is 11.9 Å². The molecule has 0 bridgehead atoms. The van der Waals surface area contributed by atoms with Gasteiger partial charge in [-0.05, 0) is 31.9 Å². The highest BCUT2D eigenvalue weighted by atomic mass is 32.2. The van der Waals surface area contributed by atoms with Crippen LogP contribution in [0.1, 0.15) is 30.5 Å². The summed E-state index contributed by atoms with van der Waals surface area (Å²) in [5.74, 6) is 1.04. The highest BCUT2D eigenvalue weighted by molar-refractivity contribution is 7.91. The van der Waals surface area contributed by atoms with E-state index in [1.165, 1.54) is 0 Å². The van der Waals surface area contributed by atoms with Crippen LogP contribution in [-0.4, -0.2) is 26.0 Å². The van der Waals surface area contributed by atoms with Crippen LogP contribution < -0.4 is 10.5 Å². The first-order chi connectivity index (χ1) is 8.37. The van der Waals surface area contributed by atoms with Crippen LogP contribution >= 0.6 is 0 Å². The lowest BCUT2D eigenvalue weighted by molar-refractivity contribution is 0.225. The van der Waals surface area contributed by atoms with E-state index in [0.29, 0.717) is 12.2 Å². The Kier molecular flexibility index (Phi) is 3.64. The van der Waals surface area contributed by atoms with Crippen LogP contribution in [0.25, 0.3) is 0 Å². The van der Waals surface area contributed by atoms with Gasteiger partial charge in [0.15, 0.2) is 9.84 Å². The predicted molar refractivity (Wildman–Crippen MR) is 71.5 cm³/mol. The van der Waals surface area contributed by atoms with Gasteiger partial charge in [-0.15, -0.1) is 0 Å². The second-order valence-corrected chi connectivity index (χ2v) is 7.20. The first-order valence-corrected chi connectivity index (χ1v) is 7.93. The molecular formula is C13H19NO3S. The summed E-state index contributed by atoms with van der Waals surface area (Å²) in [6, 6.07) is 5.72. The van der Waals surface area contributed by atoms with Gasteiger partial charge in [-0.2, -0.15) is 0 Å². The summed E-state index contributed by atoms with van der Waals surface area (Å²) in [6.07, 6.45) is 0.323. The van der Waals surface area contributed by atoms with E-state index in [1.54, 1.807) is 0 Å². The van der Waals surface area contributed by atoms with Crippen LogP contribution in [0.2, 0.25) is 0 Å². The molecule has 1 unspecified atom stereocenters. The number of sulfone groups is 1. The van der Waals surface area contributed by atoms with Crippen LogP contribution in [0.15, 0.2) is 18.2 Å². The van der Waals surface area contributed by atoms with E-state index >= 15 is 0 Å². The fourth-order valence-corrected chi connectivity index (χ4v) is 3.74. The number of benzene rings is 1. The van der Waals surface area contributed by atoms with E-state index in [4.69, 9.17) is 10.5 Å². The van der Waals surface area contributed by atoms with Crippen molar-refractivity contribution in [2.75, 3.05) is 11.5 Å². The van der Waals surface area contributed by atoms with Gasteiger partial charge in [0.2, 0.25) is 0 Å². The largest absolute Gasteiger partial charge is 0.489 e. The van der Waals surface area contributed by atoms with Crippen molar-refractivity contribution in [3.63, 3.8) is 0 Å². The minimum atomic E-state index is -2.92. The molecular weight excluding hydrogens is 250 g/mol. The zero-order valence-corrected chi connectivity index (χ0v) is 11.5. The number of ether oxygens (including phenoxy) is 1. The van der Waals surface area contributed by atoms with Gasteiger partial charge in [-0.3, -0.25) is 0 Å². The van der Waals surface area contributed by atoms with Crippen molar-refractivity contribution in [3.8, 4) is 5.75 Å². The van der Waals surface area contributed by atoms with Crippen molar-refractivity contribution in [1.82, 2.24) is 0 Å². The molecule has 5 heteroatoms. The van der Waals surface area contributed by atoms with Crippen molar-refractivity contribution in [2.24, 2.45) is 5.73 Å². The third-order valence-electron chi connectivity index (χ3n) is 3.14. The number of rotatable bonds is 3. The van der Waals surface area contributed by atoms with Gasteiger partial charge in [-0.1, -0.05) is 12.1 Å². The summed E-state index contributed by atoms with van der Waals surface area (Å²) in [6.45, 7) is 3.87. The zero-order chi connectivity index (χ0) is 13.3. The number of hydrogen-bond acceptors (Lipinski definition) is 4. The van der Waals surface area contributed by atoms with Crippen molar-refractivity contribution >= 4 is 9.84 Å². The van der Waals surface area contributed by atoms with E-state index in [1.807, 2.05) is 32.0 Å². The summed E-state index contributed by atoms with van der Waals surface area (Å²) in [5, 5.41) is 0. The maximum atomic E-state index is 11.4. The number of hydrogen-bond donors (Lipinski definition) is 1. The lowest BCUT2D eigenvalue weighted by atomic mass is 10.1. The SMILES string of the molecule is Cc1ccc([C@@H](C)N)c(OC2CCS(=O)(=O)C2)c1. The molecule has 1 aliphatic rings. The molecule has 2 atom stereocenters. The minimum Gasteiger partial charge on any atom is -0.489 e. The van der Waals surface area contributed by atoms with Crippen LogP contribution in [-0.2, 0) is 9.84 Å². The Hall–Kier alpha value is -1.07. The van der Waals surface area contributed by atoms with Crippen molar-refractivity contribution < 1.29 is 13.2 Å². The minimum absolute atomic E-state index is 0.110. The maximum absolute atomic E-state index is 11.4. The molecule has 1 fully saturated rings. The van der Waals surface area contributed by atoms with Crippen LogP contribution in [0.5, 0.6) is 5.75 Å². The molecule has 2 N–H and O–H groups in total. The third kappa shape index (κ3) is 3.03. The molecule has 1 saturated heterocycles. The standard InChI is InChI=1S/C13H19NO3S/c1-9-3-4-12(10(2)14)13(7-9)17-11-5-6-18(15,16)8-11/h3-4,7,10-11H,5-6,8,14H2,1-2H3/t10-,11?/m1/s1. The first kappa shape index (κ1) is 13.4. The summed E-state index contributed by atoms with van der Waals surface area (Å²) >= 11 is 0. The van der Waals surface area contributed by atoms with Crippen molar-refractivity contribution in [3.05, 3.63) is 29.3 Å². The van der Waals surface area contributed by atoms with Gasteiger partial charge in [0.25, 0.3) is 0 Å². The summed E-state index contributed by atoms with van der Waals surface area (Å²) in [7, 11) is -2.92. The second-order valence-electron chi connectivity index (χ2n) is 4.97. The average molecular weight is 269 g/mol. The fraction of sp³-hybridized carbons (Fsp3) is 0.538. The average Bonchev–Trinajstić information content (AvgIpc) is 2.57. The van der Waals surface area contributed by atoms with Gasteiger partial charge >= 0.3 is 0 Å². The highest BCUT2D eigenvalue weighted by Gasteiger charge is 2.30. The van der Waals surface area contributed by atoms with Gasteiger partial charge in [-0.25, -0.2) is 8.42 Å². The van der Waals surface area contributed by atoms with Gasteiger partial charge < -0.3 is 10.5 Å². The van der Waals surface area contributed by atoms with E-state index in [0.717, 1.165) is 11.1 Å². The number of aryl methyl sites for hydroxylation is 1. The van der Waals surface area contributed by atoms with E-state index < -0.39 is 9.84 Å². The lowest BCUT2D eigenvalue weighted by Gasteiger charge is -2.18. The monoisotopic (exact) mass is 269 g/mol. The molecule has 2 rings (SSSR count). The smallest absolute Gasteiger partial charge is 0.154 e. The van der Waals surface area contributed by atoms with Gasteiger partial charge in [0, 0.05) is 11.6 Å². The summed E-state index contributed by atoms with van der Waals surface area (Å²) in [4.78, 5) is 0.